The Morgan fingerprint density at radius 2 is 2.00 bits per heavy atom. The fraction of sp³-hybridized carbons (Fsp3) is 0.538. The minimum absolute atomic E-state index is 0.133. The second kappa shape index (κ2) is 4.33. The molecule has 2 heteroatoms. The number of hydrogen-bond donors (Lipinski definition) is 1. The minimum Gasteiger partial charge on any atom is -0.381 e. The summed E-state index contributed by atoms with van der Waals surface area (Å²) in [6.07, 6.45) is 1.09. The molecule has 2 atom stereocenters. The molecule has 1 aromatic carbocycles. The number of benzene rings is 1. The van der Waals surface area contributed by atoms with Crippen LogP contribution in [-0.2, 0) is 4.74 Å². The first-order chi connectivity index (χ1) is 7.20. The van der Waals surface area contributed by atoms with Gasteiger partial charge in [-0.15, -0.1) is 0 Å². The molecule has 0 spiro atoms. The van der Waals surface area contributed by atoms with Crippen molar-refractivity contribution in [3.8, 4) is 0 Å². The van der Waals surface area contributed by atoms with Crippen LogP contribution < -0.4 is 5.73 Å². The summed E-state index contributed by atoms with van der Waals surface area (Å²) in [5, 5.41) is 0. The molecule has 1 saturated heterocycles. The molecule has 0 bridgehead atoms. The minimum atomic E-state index is 0.133. The Balaban J connectivity index is 2.27. The SMILES string of the molecule is Cc1cccc(C)c1C(N)C1CCOC1. The first-order valence-corrected chi connectivity index (χ1v) is 5.59. The number of hydrogen-bond acceptors (Lipinski definition) is 2. The van der Waals surface area contributed by atoms with Crippen molar-refractivity contribution in [3.05, 3.63) is 34.9 Å². The lowest BCUT2D eigenvalue weighted by atomic mass is 9.88. The van der Waals surface area contributed by atoms with Crippen LogP contribution in [0.4, 0.5) is 0 Å². The van der Waals surface area contributed by atoms with Crippen molar-refractivity contribution < 1.29 is 4.74 Å². The summed E-state index contributed by atoms with van der Waals surface area (Å²) in [7, 11) is 0. The standard InChI is InChI=1S/C13H19NO/c1-9-4-3-5-10(2)12(9)13(14)11-6-7-15-8-11/h3-5,11,13H,6-8,14H2,1-2H3. The number of nitrogens with two attached hydrogens (primary N) is 1. The van der Waals surface area contributed by atoms with E-state index in [9.17, 15) is 0 Å². The van der Waals surface area contributed by atoms with Gasteiger partial charge in [-0.1, -0.05) is 18.2 Å². The van der Waals surface area contributed by atoms with Crippen LogP contribution in [0, 0.1) is 19.8 Å². The van der Waals surface area contributed by atoms with Crippen LogP contribution >= 0.6 is 0 Å². The highest BCUT2D eigenvalue weighted by molar-refractivity contribution is 5.36. The molecule has 0 aliphatic carbocycles. The summed E-state index contributed by atoms with van der Waals surface area (Å²) in [5.74, 6) is 0.491. The van der Waals surface area contributed by atoms with Crippen molar-refractivity contribution in [1.29, 1.82) is 0 Å². The molecule has 1 aliphatic rings. The van der Waals surface area contributed by atoms with Crippen molar-refractivity contribution >= 4 is 0 Å². The van der Waals surface area contributed by atoms with Crippen LogP contribution in [0.1, 0.15) is 29.2 Å². The Morgan fingerprint density at radius 3 is 2.53 bits per heavy atom. The van der Waals surface area contributed by atoms with Gasteiger partial charge in [-0.2, -0.15) is 0 Å². The Hall–Kier alpha value is -0.860. The highest BCUT2D eigenvalue weighted by atomic mass is 16.5. The summed E-state index contributed by atoms with van der Waals surface area (Å²) >= 11 is 0. The summed E-state index contributed by atoms with van der Waals surface area (Å²) in [6, 6.07) is 6.50. The maximum Gasteiger partial charge on any atom is 0.0513 e. The van der Waals surface area contributed by atoms with Gasteiger partial charge in [0.15, 0.2) is 0 Å². The van der Waals surface area contributed by atoms with Gasteiger partial charge in [-0.05, 0) is 37.0 Å². The van der Waals surface area contributed by atoms with E-state index in [0.29, 0.717) is 5.92 Å². The van der Waals surface area contributed by atoms with E-state index in [0.717, 1.165) is 19.6 Å². The zero-order valence-corrected chi connectivity index (χ0v) is 9.49. The lowest BCUT2D eigenvalue weighted by molar-refractivity contribution is 0.181. The highest BCUT2D eigenvalue weighted by Gasteiger charge is 2.25. The van der Waals surface area contributed by atoms with E-state index in [-0.39, 0.29) is 6.04 Å². The zero-order chi connectivity index (χ0) is 10.8. The summed E-state index contributed by atoms with van der Waals surface area (Å²) in [5.41, 5.74) is 10.2. The van der Waals surface area contributed by atoms with Crippen LogP contribution in [0.5, 0.6) is 0 Å². The van der Waals surface area contributed by atoms with Crippen LogP contribution in [0.15, 0.2) is 18.2 Å². The molecule has 1 aromatic rings. The van der Waals surface area contributed by atoms with E-state index in [1.807, 2.05) is 0 Å². The quantitative estimate of drug-likeness (QED) is 0.804. The largest absolute Gasteiger partial charge is 0.381 e. The zero-order valence-electron chi connectivity index (χ0n) is 9.49. The number of ether oxygens (including phenoxy) is 1. The lowest BCUT2D eigenvalue weighted by Gasteiger charge is -2.22. The van der Waals surface area contributed by atoms with Gasteiger partial charge in [0.1, 0.15) is 0 Å². The molecule has 82 valence electrons. The molecule has 2 N–H and O–H groups in total. The fourth-order valence-electron chi connectivity index (χ4n) is 2.42. The third-order valence-corrected chi connectivity index (χ3v) is 3.35. The number of rotatable bonds is 2. The second-order valence-corrected chi connectivity index (χ2v) is 4.45. The van der Waals surface area contributed by atoms with Gasteiger partial charge in [-0.25, -0.2) is 0 Å². The molecular formula is C13H19NO. The maximum absolute atomic E-state index is 6.32. The smallest absolute Gasteiger partial charge is 0.0513 e. The molecule has 2 rings (SSSR count). The second-order valence-electron chi connectivity index (χ2n) is 4.45. The van der Waals surface area contributed by atoms with Gasteiger partial charge in [0.05, 0.1) is 6.61 Å². The lowest BCUT2D eigenvalue weighted by Crippen LogP contribution is -2.23. The predicted molar refractivity (Wildman–Crippen MR) is 61.8 cm³/mol. The van der Waals surface area contributed by atoms with E-state index in [2.05, 4.69) is 32.0 Å². The molecule has 0 saturated carbocycles. The Morgan fingerprint density at radius 1 is 1.33 bits per heavy atom. The van der Waals surface area contributed by atoms with Crippen LogP contribution in [0.25, 0.3) is 0 Å². The molecule has 2 unspecified atom stereocenters. The molecule has 1 heterocycles. The van der Waals surface area contributed by atoms with Gasteiger partial charge in [-0.3, -0.25) is 0 Å². The van der Waals surface area contributed by atoms with Crippen LogP contribution in [-0.4, -0.2) is 13.2 Å². The van der Waals surface area contributed by atoms with Gasteiger partial charge in [0, 0.05) is 18.6 Å². The van der Waals surface area contributed by atoms with E-state index < -0.39 is 0 Å². The summed E-state index contributed by atoms with van der Waals surface area (Å²) in [4.78, 5) is 0. The topological polar surface area (TPSA) is 35.2 Å². The molecule has 1 aliphatic heterocycles. The van der Waals surface area contributed by atoms with Crippen molar-refractivity contribution in [2.45, 2.75) is 26.3 Å². The normalized spacial score (nSPS) is 23.0. The van der Waals surface area contributed by atoms with Gasteiger partial charge < -0.3 is 10.5 Å². The third kappa shape index (κ3) is 2.06. The maximum atomic E-state index is 6.32. The average molecular weight is 205 g/mol. The first kappa shape index (κ1) is 10.7. The van der Waals surface area contributed by atoms with Crippen LogP contribution in [0.3, 0.4) is 0 Å². The van der Waals surface area contributed by atoms with E-state index in [4.69, 9.17) is 10.5 Å². The van der Waals surface area contributed by atoms with E-state index >= 15 is 0 Å². The molecule has 0 radical (unpaired) electrons. The van der Waals surface area contributed by atoms with Crippen molar-refractivity contribution in [3.63, 3.8) is 0 Å². The van der Waals surface area contributed by atoms with E-state index in [1.165, 1.54) is 16.7 Å². The molecule has 0 aromatic heterocycles. The van der Waals surface area contributed by atoms with Gasteiger partial charge in [0.2, 0.25) is 0 Å². The monoisotopic (exact) mass is 205 g/mol. The van der Waals surface area contributed by atoms with E-state index in [1.54, 1.807) is 0 Å². The molecular weight excluding hydrogens is 186 g/mol. The average Bonchev–Trinajstić information content (AvgIpc) is 2.69. The molecule has 15 heavy (non-hydrogen) atoms. The Kier molecular flexibility index (Phi) is 3.08. The Labute approximate surface area is 91.4 Å². The van der Waals surface area contributed by atoms with Gasteiger partial charge >= 0.3 is 0 Å². The van der Waals surface area contributed by atoms with Crippen LogP contribution in [0.2, 0.25) is 0 Å². The predicted octanol–water partition coefficient (Wildman–Crippen LogP) is 2.34. The summed E-state index contributed by atoms with van der Waals surface area (Å²) in [6.45, 7) is 5.95. The highest BCUT2D eigenvalue weighted by Crippen LogP contribution is 2.30. The Bertz CT molecular complexity index is 322. The molecule has 0 amide bonds. The summed E-state index contributed by atoms with van der Waals surface area (Å²) < 4.78 is 5.40. The first-order valence-electron chi connectivity index (χ1n) is 5.59. The van der Waals surface area contributed by atoms with Crippen molar-refractivity contribution in [1.82, 2.24) is 0 Å². The fourth-order valence-corrected chi connectivity index (χ4v) is 2.42. The molecule has 2 nitrogen and oxygen atoms in total. The van der Waals surface area contributed by atoms with Gasteiger partial charge in [0.25, 0.3) is 0 Å². The molecule has 1 fully saturated rings. The third-order valence-electron chi connectivity index (χ3n) is 3.35. The van der Waals surface area contributed by atoms with Crippen molar-refractivity contribution in [2.24, 2.45) is 11.7 Å². The number of aryl methyl sites for hydroxylation is 2. The van der Waals surface area contributed by atoms with Crippen molar-refractivity contribution in [2.75, 3.05) is 13.2 Å².